The second-order valence-electron chi connectivity index (χ2n) is 4.36. The van der Waals surface area contributed by atoms with Crippen molar-refractivity contribution in [1.82, 2.24) is 15.1 Å². The van der Waals surface area contributed by atoms with Crippen molar-refractivity contribution in [2.24, 2.45) is 0 Å². The van der Waals surface area contributed by atoms with E-state index in [-0.39, 0.29) is 0 Å². The Hall–Kier alpha value is -0.830. The number of aromatic nitrogens is 2. The summed E-state index contributed by atoms with van der Waals surface area (Å²) in [7, 11) is 2.04. The molecule has 0 aliphatic heterocycles. The van der Waals surface area contributed by atoms with Crippen LogP contribution in [0.2, 0.25) is 0 Å². The van der Waals surface area contributed by atoms with Gasteiger partial charge in [0, 0.05) is 23.8 Å². The standard InChI is InChI=1S/C12H21N3/c1-3-4-8-15-12-7-5-6-11(13-2)10(12)9-14-15/h9,11,13H,3-8H2,1-2H3. The topological polar surface area (TPSA) is 29.9 Å². The number of unbranched alkanes of at least 4 members (excludes halogenated alkanes) is 1. The minimum Gasteiger partial charge on any atom is -0.313 e. The van der Waals surface area contributed by atoms with Gasteiger partial charge in [-0.3, -0.25) is 4.68 Å². The van der Waals surface area contributed by atoms with Crippen molar-refractivity contribution >= 4 is 0 Å². The molecule has 84 valence electrons. The first-order chi connectivity index (χ1) is 7.36. The summed E-state index contributed by atoms with van der Waals surface area (Å²) in [6.07, 6.45) is 8.28. The summed E-state index contributed by atoms with van der Waals surface area (Å²) in [5.41, 5.74) is 2.90. The molecule has 15 heavy (non-hydrogen) atoms. The molecule has 1 aliphatic carbocycles. The summed E-state index contributed by atoms with van der Waals surface area (Å²) in [5, 5.41) is 7.89. The van der Waals surface area contributed by atoms with Crippen LogP contribution in [0.5, 0.6) is 0 Å². The molecular weight excluding hydrogens is 186 g/mol. The molecule has 0 spiro atoms. The van der Waals surface area contributed by atoms with Crippen LogP contribution < -0.4 is 5.32 Å². The molecule has 0 saturated heterocycles. The summed E-state index contributed by atoms with van der Waals surface area (Å²) in [6.45, 7) is 3.31. The predicted octanol–water partition coefficient (Wildman–Crippen LogP) is 2.28. The molecule has 1 N–H and O–H groups in total. The number of hydrogen-bond acceptors (Lipinski definition) is 2. The molecule has 1 unspecified atom stereocenters. The first-order valence-electron chi connectivity index (χ1n) is 6.08. The molecule has 0 amide bonds. The second-order valence-corrected chi connectivity index (χ2v) is 4.36. The van der Waals surface area contributed by atoms with Crippen molar-refractivity contribution in [3.8, 4) is 0 Å². The van der Waals surface area contributed by atoms with Crippen LogP contribution >= 0.6 is 0 Å². The second kappa shape index (κ2) is 4.79. The van der Waals surface area contributed by atoms with Gasteiger partial charge >= 0.3 is 0 Å². The highest BCUT2D eigenvalue weighted by Gasteiger charge is 2.22. The van der Waals surface area contributed by atoms with Gasteiger partial charge in [-0.1, -0.05) is 13.3 Å². The van der Waals surface area contributed by atoms with Crippen LogP contribution in [0.25, 0.3) is 0 Å². The highest BCUT2D eigenvalue weighted by Crippen LogP contribution is 2.29. The number of hydrogen-bond donors (Lipinski definition) is 1. The Morgan fingerprint density at radius 3 is 3.20 bits per heavy atom. The lowest BCUT2D eigenvalue weighted by Crippen LogP contribution is -2.22. The average molecular weight is 207 g/mol. The quantitative estimate of drug-likeness (QED) is 0.821. The molecule has 1 atom stereocenters. The van der Waals surface area contributed by atoms with E-state index in [1.165, 1.54) is 43.4 Å². The third kappa shape index (κ3) is 2.07. The van der Waals surface area contributed by atoms with E-state index in [2.05, 4.69) is 28.2 Å². The Kier molecular flexibility index (Phi) is 3.41. The van der Waals surface area contributed by atoms with Crippen LogP contribution in [0.4, 0.5) is 0 Å². The van der Waals surface area contributed by atoms with E-state index in [0.29, 0.717) is 6.04 Å². The molecule has 1 aromatic rings. The van der Waals surface area contributed by atoms with Crippen LogP contribution in [0.1, 0.15) is 49.9 Å². The molecule has 0 radical (unpaired) electrons. The summed E-state index contributed by atoms with van der Waals surface area (Å²) in [6, 6.07) is 0.532. The number of nitrogens with zero attached hydrogens (tertiary/aromatic N) is 2. The maximum absolute atomic E-state index is 4.51. The predicted molar refractivity (Wildman–Crippen MR) is 61.9 cm³/mol. The van der Waals surface area contributed by atoms with Gasteiger partial charge in [-0.15, -0.1) is 0 Å². The van der Waals surface area contributed by atoms with Gasteiger partial charge in [0.05, 0.1) is 6.20 Å². The van der Waals surface area contributed by atoms with Crippen LogP contribution in [0.3, 0.4) is 0 Å². The molecule has 1 aliphatic rings. The van der Waals surface area contributed by atoms with Crippen LogP contribution in [-0.4, -0.2) is 16.8 Å². The first-order valence-corrected chi connectivity index (χ1v) is 6.08. The van der Waals surface area contributed by atoms with E-state index in [1.807, 2.05) is 7.05 Å². The third-order valence-corrected chi connectivity index (χ3v) is 3.33. The number of fused-ring (bicyclic) bond motifs is 1. The zero-order valence-electron chi connectivity index (χ0n) is 9.79. The molecule has 0 fully saturated rings. The number of nitrogens with one attached hydrogen (secondary N) is 1. The van der Waals surface area contributed by atoms with Crippen molar-refractivity contribution in [2.75, 3.05) is 7.05 Å². The third-order valence-electron chi connectivity index (χ3n) is 3.33. The number of aryl methyl sites for hydroxylation is 1. The molecule has 1 aromatic heterocycles. The Morgan fingerprint density at radius 1 is 1.60 bits per heavy atom. The van der Waals surface area contributed by atoms with Crippen molar-refractivity contribution < 1.29 is 0 Å². The highest BCUT2D eigenvalue weighted by atomic mass is 15.3. The van der Waals surface area contributed by atoms with E-state index in [0.717, 1.165) is 6.54 Å². The fourth-order valence-electron chi connectivity index (χ4n) is 2.42. The van der Waals surface area contributed by atoms with Crippen LogP contribution in [0, 0.1) is 0 Å². The monoisotopic (exact) mass is 207 g/mol. The minimum absolute atomic E-state index is 0.532. The molecule has 0 saturated carbocycles. The van der Waals surface area contributed by atoms with E-state index in [9.17, 15) is 0 Å². The lowest BCUT2D eigenvalue weighted by Gasteiger charge is -2.22. The van der Waals surface area contributed by atoms with Gasteiger partial charge in [-0.2, -0.15) is 5.10 Å². The zero-order valence-corrected chi connectivity index (χ0v) is 9.79. The van der Waals surface area contributed by atoms with E-state index in [1.54, 1.807) is 0 Å². The normalized spacial score (nSPS) is 20.3. The van der Waals surface area contributed by atoms with Crippen LogP contribution in [-0.2, 0) is 13.0 Å². The Balaban J connectivity index is 2.18. The van der Waals surface area contributed by atoms with Crippen molar-refractivity contribution in [3.63, 3.8) is 0 Å². The summed E-state index contributed by atoms with van der Waals surface area (Å²) in [5.74, 6) is 0. The van der Waals surface area contributed by atoms with Gasteiger partial charge < -0.3 is 5.32 Å². The van der Waals surface area contributed by atoms with Crippen molar-refractivity contribution in [2.45, 2.75) is 51.6 Å². The number of rotatable bonds is 4. The van der Waals surface area contributed by atoms with E-state index in [4.69, 9.17) is 0 Å². The van der Waals surface area contributed by atoms with Gasteiger partial charge in [0.25, 0.3) is 0 Å². The summed E-state index contributed by atoms with van der Waals surface area (Å²) >= 11 is 0. The molecule has 0 aromatic carbocycles. The molecule has 0 bridgehead atoms. The molecular formula is C12H21N3. The average Bonchev–Trinajstić information content (AvgIpc) is 2.69. The van der Waals surface area contributed by atoms with E-state index >= 15 is 0 Å². The lowest BCUT2D eigenvalue weighted by atomic mass is 9.93. The lowest BCUT2D eigenvalue weighted by molar-refractivity contribution is 0.470. The Morgan fingerprint density at radius 2 is 2.47 bits per heavy atom. The summed E-state index contributed by atoms with van der Waals surface area (Å²) in [4.78, 5) is 0. The maximum atomic E-state index is 4.51. The molecule has 3 nitrogen and oxygen atoms in total. The van der Waals surface area contributed by atoms with Gasteiger partial charge in [-0.25, -0.2) is 0 Å². The molecule has 3 heteroatoms. The van der Waals surface area contributed by atoms with Gasteiger partial charge in [0.1, 0.15) is 0 Å². The highest BCUT2D eigenvalue weighted by molar-refractivity contribution is 5.24. The fraction of sp³-hybridized carbons (Fsp3) is 0.750. The van der Waals surface area contributed by atoms with Crippen molar-refractivity contribution in [3.05, 3.63) is 17.5 Å². The smallest absolute Gasteiger partial charge is 0.0540 e. The van der Waals surface area contributed by atoms with Gasteiger partial charge in [-0.05, 0) is 32.7 Å². The largest absolute Gasteiger partial charge is 0.313 e. The van der Waals surface area contributed by atoms with E-state index < -0.39 is 0 Å². The minimum atomic E-state index is 0.532. The van der Waals surface area contributed by atoms with Crippen LogP contribution in [0.15, 0.2) is 6.20 Å². The van der Waals surface area contributed by atoms with Crippen molar-refractivity contribution in [1.29, 1.82) is 0 Å². The van der Waals surface area contributed by atoms with Gasteiger partial charge in [0.2, 0.25) is 0 Å². The first kappa shape index (κ1) is 10.7. The molecule has 1 heterocycles. The SMILES string of the molecule is CCCCn1ncc2c1CCCC2NC. The maximum Gasteiger partial charge on any atom is 0.0540 e. The Bertz CT molecular complexity index is 317. The zero-order chi connectivity index (χ0) is 10.7. The Labute approximate surface area is 91.9 Å². The fourth-order valence-corrected chi connectivity index (χ4v) is 2.42. The van der Waals surface area contributed by atoms with Gasteiger partial charge in [0.15, 0.2) is 0 Å². The summed E-state index contributed by atoms with van der Waals surface area (Å²) < 4.78 is 2.21. The molecule has 2 rings (SSSR count).